The molecule has 2 atom stereocenters. The molecule has 1 saturated heterocycles. The Morgan fingerprint density at radius 1 is 1.05 bits per heavy atom. The van der Waals surface area contributed by atoms with E-state index in [1.165, 1.54) is 12.1 Å². The first-order valence-electron chi connectivity index (χ1n) is 12.5. The maximum atomic E-state index is 12.9. The third kappa shape index (κ3) is 4.06. The van der Waals surface area contributed by atoms with Crippen molar-refractivity contribution in [2.75, 3.05) is 0 Å². The molecule has 0 saturated carbocycles. The first-order chi connectivity index (χ1) is 19.4. The van der Waals surface area contributed by atoms with Crippen LogP contribution in [-0.4, -0.2) is 32.9 Å². The molecule has 198 valence electrons. The zero-order valence-corrected chi connectivity index (χ0v) is 22.3. The highest BCUT2D eigenvalue weighted by molar-refractivity contribution is 8.17. The topological polar surface area (TPSA) is 104 Å². The Balaban J connectivity index is 1.29. The van der Waals surface area contributed by atoms with Gasteiger partial charge in [0.05, 0.1) is 22.2 Å². The molecule has 1 spiro atoms. The van der Waals surface area contributed by atoms with E-state index in [1.807, 2.05) is 53.5 Å². The number of hydrogen-bond acceptors (Lipinski definition) is 7. The predicted octanol–water partition coefficient (Wildman–Crippen LogP) is 6.99. The van der Waals surface area contributed by atoms with Crippen molar-refractivity contribution in [3.8, 4) is 17.1 Å². The van der Waals surface area contributed by atoms with Crippen LogP contribution in [0.4, 0.5) is 4.79 Å². The van der Waals surface area contributed by atoms with Crippen LogP contribution in [0, 0.1) is 0 Å². The van der Waals surface area contributed by atoms with Crippen molar-refractivity contribution in [2.24, 2.45) is 5.10 Å². The van der Waals surface area contributed by atoms with E-state index in [9.17, 15) is 14.7 Å². The highest BCUT2D eigenvalue weighted by atomic mass is 35.5. The summed E-state index contributed by atoms with van der Waals surface area (Å²) in [7, 11) is 0. The van der Waals surface area contributed by atoms with Gasteiger partial charge >= 0.3 is 11.8 Å². The number of fused-ring (bicyclic) bond motifs is 4. The predicted molar refractivity (Wildman–Crippen MR) is 152 cm³/mol. The molecule has 8 nitrogen and oxygen atoms in total. The van der Waals surface area contributed by atoms with E-state index < -0.39 is 11.8 Å². The Morgan fingerprint density at radius 3 is 2.58 bits per heavy atom. The molecule has 7 rings (SSSR count). The number of hydrogen-bond donors (Lipinski definition) is 2. The van der Waals surface area contributed by atoms with E-state index in [1.54, 1.807) is 30.3 Å². The fraction of sp³-hybridized carbons (Fsp3) is 0.100. The van der Waals surface area contributed by atoms with E-state index >= 15 is 0 Å². The second-order valence-corrected chi connectivity index (χ2v) is 11.0. The zero-order valence-electron chi connectivity index (χ0n) is 20.7. The number of halogens is 1. The first-order valence-corrected chi connectivity index (χ1v) is 13.7. The minimum Gasteiger partial charge on any atom is -0.478 e. The monoisotopic (exact) mass is 569 g/mol. The molecule has 0 radical (unpaired) electrons. The zero-order chi connectivity index (χ0) is 27.4. The molecule has 4 heterocycles. The standard InChI is InChI=1S/C30H20ClN3O5S/c31-20-11-9-17(10-12-20)23-16-24-22-3-1-2-4-26(22)39-30(34(24)33-23)27(40-29(37)32-30)15-21-13-14-25(38-21)18-5-7-19(8-6-18)28(35)36/h1-15,24H,16H2,(H,32,37)(H,35,36). The summed E-state index contributed by atoms with van der Waals surface area (Å²) < 4.78 is 12.6. The molecule has 0 aliphatic carbocycles. The average molecular weight is 570 g/mol. The number of amides is 1. The lowest BCUT2D eigenvalue weighted by Gasteiger charge is -2.44. The Morgan fingerprint density at radius 2 is 1.80 bits per heavy atom. The summed E-state index contributed by atoms with van der Waals surface area (Å²) in [5.74, 6) is -0.602. The maximum absolute atomic E-state index is 12.9. The summed E-state index contributed by atoms with van der Waals surface area (Å²) in [4.78, 5) is 24.7. The number of thioether (sulfide) groups is 1. The maximum Gasteiger partial charge on any atom is 0.335 e. The minimum absolute atomic E-state index is 0.169. The van der Waals surface area contributed by atoms with Gasteiger partial charge in [0.1, 0.15) is 17.3 Å². The number of nitrogens with one attached hydrogen (secondary N) is 1. The minimum atomic E-state index is -1.36. The number of rotatable bonds is 4. The van der Waals surface area contributed by atoms with Crippen molar-refractivity contribution in [2.45, 2.75) is 18.3 Å². The molecule has 0 bridgehead atoms. The lowest BCUT2D eigenvalue weighted by Crippen LogP contribution is -2.61. The van der Waals surface area contributed by atoms with Gasteiger partial charge in [-0.15, -0.1) is 0 Å². The summed E-state index contributed by atoms with van der Waals surface area (Å²) in [5.41, 5.74) is 3.71. The summed E-state index contributed by atoms with van der Waals surface area (Å²) in [6, 6.07) is 25.2. The highest BCUT2D eigenvalue weighted by Gasteiger charge is 2.58. The summed E-state index contributed by atoms with van der Waals surface area (Å²) in [6.07, 6.45) is 2.40. The van der Waals surface area contributed by atoms with Crippen LogP contribution >= 0.6 is 23.4 Å². The number of benzene rings is 3. The van der Waals surface area contributed by atoms with Crippen molar-refractivity contribution in [3.05, 3.63) is 117 Å². The van der Waals surface area contributed by atoms with Gasteiger partial charge in [0.15, 0.2) is 0 Å². The second kappa shape index (κ2) is 9.32. The molecule has 40 heavy (non-hydrogen) atoms. The number of aromatic carboxylic acids is 1. The molecule has 1 aromatic heterocycles. The van der Waals surface area contributed by atoms with Gasteiger partial charge in [-0.3, -0.25) is 10.1 Å². The van der Waals surface area contributed by atoms with Gasteiger partial charge in [0.25, 0.3) is 5.24 Å². The molecule has 1 amide bonds. The number of carbonyl (C=O) groups excluding carboxylic acids is 1. The van der Waals surface area contributed by atoms with Gasteiger partial charge in [-0.25, -0.2) is 9.80 Å². The SMILES string of the molecule is O=C1NC2(Oc3ccccc3C3CC(c4ccc(Cl)cc4)=NN32)C(=Cc2ccc(-c3ccc(C(=O)O)cc3)o2)S1. The fourth-order valence-electron chi connectivity index (χ4n) is 5.17. The van der Waals surface area contributed by atoms with Crippen molar-refractivity contribution in [1.29, 1.82) is 0 Å². The van der Waals surface area contributed by atoms with Crippen LogP contribution in [0.2, 0.25) is 5.02 Å². The smallest absolute Gasteiger partial charge is 0.335 e. The number of ether oxygens (including phenoxy) is 1. The van der Waals surface area contributed by atoms with Crippen molar-refractivity contribution >= 4 is 46.4 Å². The van der Waals surface area contributed by atoms with Crippen LogP contribution in [0.1, 0.15) is 39.7 Å². The lowest BCUT2D eigenvalue weighted by molar-refractivity contribution is -0.0949. The Kier molecular flexibility index (Phi) is 5.72. The van der Waals surface area contributed by atoms with Gasteiger partial charge in [-0.1, -0.05) is 54.1 Å². The van der Waals surface area contributed by atoms with E-state index in [2.05, 4.69) is 5.32 Å². The van der Waals surface area contributed by atoms with Crippen LogP contribution in [0.5, 0.6) is 5.75 Å². The third-order valence-electron chi connectivity index (χ3n) is 7.07. The van der Waals surface area contributed by atoms with Crippen LogP contribution in [0.25, 0.3) is 17.4 Å². The van der Waals surface area contributed by atoms with Crippen LogP contribution in [-0.2, 0) is 0 Å². The van der Waals surface area contributed by atoms with Crippen molar-refractivity contribution in [3.63, 3.8) is 0 Å². The number of hydrazone groups is 1. The number of nitrogens with zero attached hydrogens (tertiary/aromatic N) is 2. The van der Waals surface area contributed by atoms with E-state index in [-0.39, 0.29) is 16.8 Å². The molecule has 2 N–H and O–H groups in total. The third-order valence-corrected chi connectivity index (χ3v) is 8.22. The van der Waals surface area contributed by atoms with E-state index in [4.69, 9.17) is 25.9 Å². The Bertz CT molecular complexity index is 1730. The molecule has 10 heteroatoms. The number of carboxylic acid groups (broad SMARTS) is 1. The summed E-state index contributed by atoms with van der Waals surface area (Å²) >= 11 is 7.15. The Hall–Kier alpha value is -4.47. The molecule has 4 aromatic rings. The summed E-state index contributed by atoms with van der Waals surface area (Å²) in [6.45, 7) is 0. The van der Waals surface area contributed by atoms with E-state index in [0.29, 0.717) is 33.6 Å². The number of para-hydroxylation sites is 1. The molecule has 1 fully saturated rings. The van der Waals surface area contributed by atoms with Crippen LogP contribution < -0.4 is 10.1 Å². The fourth-order valence-corrected chi connectivity index (χ4v) is 6.19. The lowest BCUT2D eigenvalue weighted by atomic mass is 9.96. The molecular formula is C30H20ClN3O5S. The molecule has 3 aromatic carbocycles. The second-order valence-electron chi connectivity index (χ2n) is 9.51. The van der Waals surface area contributed by atoms with Crippen LogP contribution in [0.3, 0.4) is 0 Å². The van der Waals surface area contributed by atoms with Crippen molar-refractivity contribution < 1.29 is 23.8 Å². The molecular weight excluding hydrogens is 550 g/mol. The molecule has 2 unspecified atom stereocenters. The largest absolute Gasteiger partial charge is 0.478 e. The van der Waals surface area contributed by atoms with Gasteiger partial charge in [-0.05, 0) is 65.9 Å². The van der Waals surface area contributed by atoms with Gasteiger partial charge in [0.2, 0.25) is 0 Å². The Labute approximate surface area is 237 Å². The molecule has 3 aliphatic rings. The number of carboxylic acids is 1. The van der Waals surface area contributed by atoms with Gasteiger partial charge < -0.3 is 14.3 Å². The summed E-state index contributed by atoms with van der Waals surface area (Å²) in [5, 5.41) is 19.4. The quantitative estimate of drug-likeness (QED) is 0.273. The van der Waals surface area contributed by atoms with Gasteiger partial charge in [-0.2, -0.15) is 5.10 Å². The van der Waals surface area contributed by atoms with Crippen molar-refractivity contribution in [1.82, 2.24) is 10.3 Å². The van der Waals surface area contributed by atoms with Crippen LogP contribution in [0.15, 0.2) is 99.4 Å². The van der Waals surface area contributed by atoms with E-state index in [0.717, 1.165) is 34.2 Å². The number of carbonyl (C=O) groups is 2. The van der Waals surface area contributed by atoms with Gasteiger partial charge in [0, 0.05) is 22.6 Å². The number of furan rings is 1. The highest BCUT2D eigenvalue weighted by Crippen LogP contribution is 2.52. The average Bonchev–Trinajstić information content (AvgIpc) is 3.68. The normalized spacial score (nSPS) is 22.1. The molecule has 3 aliphatic heterocycles. The first kappa shape index (κ1) is 24.6.